The molecule has 0 atom stereocenters. The Labute approximate surface area is 162 Å². The molecule has 2 N–H and O–H groups in total. The van der Waals surface area contributed by atoms with E-state index in [9.17, 15) is 9.59 Å². The van der Waals surface area contributed by atoms with E-state index < -0.39 is 0 Å². The number of halogens is 1. The summed E-state index contributed by atoms with van der Waals surface area (Å²) in [5.41, 5.74) is 2.10. The molecular weight excluding hydrogens is 396 g/mol. The number of benzene rings is 2. The van der Waals surface area contributed by atoms with Crippen molar-refractivity contribution in [3.05, 3.63) is 64.1 Å². The number of methoxy groups -OCH3 is 1. The molecule has 0 unspecified atom stereocenters. The predicted octanol–water partition coefficient (Wildman–Crippen LogP) is 3.21. The molecule has 0 saturated heterocycles. The van der Waals surface area contributed by atoms with Gasteiger partial charge in [0.2, 0.25) is 11.8 Å². The third-order valence-corrected chi connectivity index (χ3v) is 4.48. The lowest BCUT2D eigenvalue weighted by Crippen LogP contribution is -2.30. The minimum absolute atomic E-state index is 0.0622. The zero-order valence-corrected chi connectivity index (χ0v) is 16.3. The van der Waals surface area contributed by atoms with Crippen molar-refractivity contribution in [3.63, 3.8) is 0 Å². The largest absolute Gasteiger partial charge is 0.496 e. The van der Waals surface area contributed by atoms with Crippen LogP contribution in [-0.4, -0.2) is 25.5 Å². The van der Waals surface area contributed by atoms with Crippen molar-refractivity contribution >= 4 is 27.7 Å². The predicted molar refractivity (Wildman–Crippen MR) is 105 cm³/mol. The fraction of sp³-hybridized carbons (Fsp3) is 0.300. The summed E-state index contributed by atoms with van der Waals surface area (Å²) >= 11 is 3.43. The molecule has 0 aromatic heterocycles. The van der Waals surface area contributed by atoms with Crippen LogP contribution in [0, 0.1) is 0 Å². The van der Waals surface area contributed by atoms with Gasteiger partial charge in [-0.2, -0.15) is 0 Å². The van der Waals surface area contributed by atoms with Crippen molar-refractivity contribution in [2.75, 3.05) is 13.7 Å². The van der Waals surface area contributed by atoms with E-state index >= 15 is 0 Å². The molecule has 6 heteroatoms. The second-order valence-corrected chi connectivity index (χ2v) is 6.69. The van der Waals surface area contributed by atoms with Crippen LogP contribution in [0.4, 0.5) is 0 Å². The van der Waals surface area contributed by atoms with Crippen molar-refractivity contribution in [1.29, 1.82) is 0 Å². The van der Waals surface area contributed by atoms with Gasteiger partial charge in [0.25, 0.3) is 0 Å². The maximum Gasteiger partial charge on any atom is 0.222 e. The molecular formula is C20H23BrN2O3. The summed E-state index contributed by atoms with van der Waals surface area (Å²) in [7, 11) is 1.61. The van der Waals surface area contributed by atoms with Crippen LogP contribution in [0.1, 0.15) is 24.0 Å². The van der Waals surface area contributed by atoms with Crippen LogP contribution in [0.3, 0.4) is 0 Å². The molecule has 0 aliphatic rings. The van der Waals surface area contributed by atoms with Crippen molar-refractivity contribution in [2.24, 2.45) is 0 Å². The first-order chi connectivity index (χ1) is 12.6. The molecule has 0 bridgehead atoms. The third-order valence-electron chi connectivity index (χ3n) is 3.86. The van der Waals surface area contributed by atoms with Crippen LogP contribution in [0.25, 0.3) is 0 Å². The Morgan fingerprint density at radius 1 is 0.962 bits per heavy atom. The van der Waals surface area contributed by atoms with E-state index in [2.05, 4.69) is 26.6 Å². The van der Waals surface area contributed by atoms with Gasteiger partial charge < -0.3 is 15.4 Å². The molecule has 2 aromatic carbocycles. The Balaban J connectivity index is 1.62. The maximum absolute atomic E-state index is 11.9. The zero-order chi connectivity index (χ0) is 18.8. The van der Waals surface area contributed by atoms with Crippen LogP contribution in [0.5, 0.6) is 5.75 Å². The average molecular weight is 419 g/mol. The molecule has 0 aliphatic heterocycles. The number of hydrogen-bond acceptors (Lipinski definition) is 3. The number of aryl methyl sites for hydroxylation is 1. The van der Waals surface area contributed by atoms with Crippen molar-refractivity contribution in [3.8, 4) is 5.75 Å². The fourth-order valence-electron chi connectivity index (χ4n) is 2.41. The maximum atomic E-state index is 11.9. The van der Waals surface area contributed by atoms with Gasteiger partial charge in [-0.05, 0) is 45.6 Å². The first-order valence-corrected chi connectivity index (χ1v) is 9.27. The highest BCUT2D eigenvalue weighted by atomic mass is 79.9. The van der Waals surface area contributed by atoms with E-state index in [1.54, 1.807) is 7.11 Å². The fourth-order valence-corrected chi connectivity index (χ4v) is 3.00. The molecule has 0 spiro atoms. The Morgan fingerprint density at radius 3 is 2.38 bits per heavy atom. The molecule has 2 rings (SSSR count). The van der Waals surface area contributed by atoms with Crippen molar-refractivity contribution in [2.45, 2.75) is 25.8 Å². The summed E-state index contributed by atoms with van der Waals surface area (Å²) < 4.78 is 6.05. The minimum atomic E-state index is -0.0757. The smallest absolute Gasteiger partial charge is 0.222 e. The molecule has 0 heterocycles. The molecule has 2 amide bonds. The molecule has 0 radical (unpaired) electrons. The highest BCUT2D eigenvalue weighted by Gasteiger charge is 2.06. The number of ether oxygens (including phenoxy) is 1. The lowest BCUT2D eigenvalue weighted by molar-refractivity contribution is -0.122. The molecule has 138 valence electrons. The number of carbonyl (C=O) groups excluding carboxylic acids is 2. The minimum Gasteiger partial charge on any atom is -0.496 e. The van der Waals surface area contributed by atoms with E-state index in [0.29, 0.717) is 25.9 Å². The van der Waals surface area contributed by atoms with Gasteiger partial charge in [0.05, 0.1) is 11.6 Å². The summed E-state index contributed by atoms with van der Waals surface area (Å²) in [6, 6.07) is 15.5. The van der Waals surface area contributed by atoms with E-state index in [1.165, 1.54) is 0 Å². The molecule has 0 saturated carbocycles. The highest BCUT2D eigenvalue weighted by Crippen LogP contribution is 2.25. The standard InChI is InChI=1S/C20H23BrN2O3/c1-26-18-9-7-15(13-17(18)21)8-10-19(24)22-12-11-20(25)23-14-16-5-3-2-4-6-16/h2-7,9,13H,8,10-12,14H2,1H3,(H,22,24)(H,23,25). The van der Waals surface area contributed by atoms with E-state index in [-0.39, 0.29) is 18.2 Å². The lowest BCUT2D eigenvalue weighted by atomic mass is 10.1. The second-order valence-electron chi connectivity index (χ2n) is 5.83. The van der Waals surface area contributed by atoms with Gasteiger partial charge in [-0.1, -0.05) is 36.4 Å². The molecule has 0 fully saturated rings. The van der Waals surface area contributed by atoms with Gasteiger partial charge in [-0.3, -0.25) is 9.59 Å². The Kier molecular flexibility index (Phi) is 8.15. The second kappa shape index (κ2) is 10.6. The van der Waals surface area contributed by atoms with E-state index in [0.717, 1.165) is 21.3 Å². The number of amides is 2. The molecule has 2 aromatic rings. The van der Waals surface area contributed by atoms with Crippen LogP contribution in [-0.2, 0) is 22.6 Å². The van der Waals surface area contributed by atoms with Gasteiger partial charge in [-0.25, -0.2) is 0 Å². The van der Waals surface area contributed by atoms with Gasteiger partial charge in [-0.15, -0.1) is 0 Å². The van der Waals surface area contributed by atoms with Gasteiger partial charge in [0.15, 0.2) is 0 Å². The number of hydrogen-bond donors (Lipinski definition) is 2. The van der Waals surface area contributed by atoms with Crippen LogP contribution < -0.4 is 15.4 Å². The van der Waals surface area contributed by atoms with Gasteiger partial charge >= 0.3 is 0 Å². The van der Waals surface area contributed by atoms with Crippen molar-refractivity contribution < 1.29 is 14.3 Å². The summed E-state index contributed by atoms with van der Waals surface area (Å²) in [4.78, 5) is 23.7. The quantitative estimate of drug-likeness (QED) is 0.656. The first-order valence-electron chi connectivity index (χ1n) is 8.48. The van der Waals surface area contributed by atoms with Crippen LogP contribution >= 0.6 is 15.9 Å². The summed E-state index contributed by atoms with van der Waals surface area (Å²) in [6.45, 7) is 0.839. The van der Waals surface area contributed by atoms with E-state index in [4.69, 9.17) is 4.74 Å². The monoisotopic (exact) mass is 418 g/mol. The summed E-state index contributed by atoms with van der Waals surface area (Å²) in [5, 5.41) is 5.62. The number of carbonyl (C=O) groups is 2. The SMILES string of the molecule is COc1ccc(CCC(=O)NCCC(=O)NCc2ccccc2)cc1Br. The first kappa shape index (κ1) is 20.0. The molecule has 0 aliphatic carbocycles. The molecule has 5 nitrogen and oxygen atoms in total. The van der Waals surface area contributed by atoms with Gasteiger partial charge in [0, 0.05) is 25.9 Å². The summed E-state index contributed by atoms with van der Waals surface area (Å²) in [6.07, 6.45) is 1.28. The third kappa shape index (κ3) is 6.88. The Hall–Kier alpha value is -2.34. The highest BCUT2D eigenvalue weighted by molar-refractivity contribution is 9.10. The number of rotatable bonds is 9. The number of nitrogens with one attached hydrogen (secondary N) is 2. The molecule has 26 heavy (non-hydrogen) atoms. The Bertz CT molecular complexity index is 735. The van der Waals surface area contributed by atoms with Crippen LogP contribution in [0.15, 0.2) is 53.0 Å². The van der Waals surface area contributed by atoms with Crippen LogP contribution in [0.2, 0.25) is 0 Å². The van der Waals surface area contributed by atoms with Crippen molar-refractivity contribution in [1.82, 2.24) is 10.6 Å². The Morgan fingerprint density at radius 2 is 1.69 bits per heavy atom. The lowest BCUT2D eigenvalue weighted by Gasteiger charge is -2.08. The zero-order valence-electron chi connectivity index (χ0n) is 14.8. The van der Waals surface area contributed by atoms with E-state index in [1.807, 2.05) is 48.5 Å². The van der Waals surface area contributed by atoms with Gasteiger partial charge in [0.1, 0.15) is 5.75 Å². The normalized spacial score (nSPS) is 10.2. The summed E-state index contributed by atoms with van der Waals surface area (Å²) in [5.74, 6) is 0.626. The average Bonchev–Trinajstić information content (AvgIpc) is 2.65. The topological polar surface area (TPSA) is 67.4 Å².